The van der Waals surface area contributed by atoms with Gasteiger partial charge in [-0.15, -0.1) is 6.42 Å². The maximum atomic E-state index is 5.85. The Bertz CT molecular complexity index is 1540. The van der Waals surface area contributed by atoms with Crippen LogP contribution in [0.5, 0.6) is 11.5 Å². The number of benzene rings is 4. The summed E-state index contributed by atoms with van der Waals surface area (Å²) in [5, 5.41) is 0. The minimum absolute atomic E-state index is 0.806. The van der Waals surface area contributed by atoms with Gasteiger partial charge in [0.05, 0.1) is 13.2 Å². The molecule has 3 heteroatoms. The Kier molecular flexibility index (Phi) is 9.86. The smallest absolute Gasteiger partial charge is 0.119 e. The van der Waals surface area contributed by atoms with E-state index in [2.05, 4.69) is 102 Å². The first-order valence-corrected chi connectivity index (χ1v) is 15.8. The first-order valence-electron chi connectivity index (χ1n) is 15.0. The highest BCUT2D eigenvalue weighted by molar-refractivity contribution is 9.10. The van der Waals surface area contributed by atoms with Crippen molar-refractivity contribution < 1.29 is 9.47 Å². The van der Waals surface area contributed by atoms with E-state index in [4.69, 9.17) is 15.9 Å². The van der Waals surface area contributed by atoms with Crippen molar-refractivity contribution in [2.24, 2.45) is 0 Å². The SMILES string of the molecule is C#Cc1ccc2c(c1)Cc1cc(OCCCCC)ccc1-2.CCCCCOc1ccc2c(c1)Cc1cc(Br)ccc1-2. The lowest BCUT2D eigenvalue weighted by molar-refractivity contribution is 0.306. The molecule has 0 bridgehead atoms. The van der Waals surface area contributed by atoms with Gasteiger partial charge in [-0.2, -0.15) is 0 Å². The van der Waals surface area contributed by atoms with Crippen molar-refractivity contribution in [2.45, 2.75) is 65.2 Å². The molecular weight excluding hydrogens is 568 g/mol. The highest BCUT2D eigenvalue weighted by atomic mass is 79.9. The van der Waals surface area contributed by atoms with Gasteiger partial charge in [0.1, 0.15) is 11.5 Å². The van der Waals surface area contributed by atoms with Crippen molar-refractivity contribution in [2.75, 3.05) is 13.2 Å². The van der Waals surface area contributed by atoms with Gasteiger partial charge in [-0.25, -0.2) is 0 Å². The Hall–Kier alpha value is -3.48. The van der Waals surface area contributed by atoms with Crippen LogP contribution in [0.15, 0.2) is 77.3 Å². The van der Waals surface area contributed by atoms with E-state index in [9.17, 15) is 0 Å². The molecule has 4 aromatic rings. The Labute approximate surface area is 254 Å². The standard InChI is InChI=1S/C20H20O.C18H19BrO/c1-3-5-6-11-21-18-8-10-20-17(14-18)13-16-12-15(4-2)7-9-19(16)20;1-2-3-4-9-20-16-6-8-18-14(12-16)10-13-11-15(19)5-7-17(13)18/h2,7-10,12,14H,3,5-6,11,13H2,1H3;5-8,11-12H,2-4,9-10H2,1H3. The number of halogens is 1. The third-order valence-electron chi connectivity index (χ3n) is 7.87. The number of rotatable bonds is 10. The number of terminal acetylenes is 1. The largest absolute Gasteiger partial charge is 0.494 e. The van der Waals surface area contributed by atoms with E-state index in [1.165, 1.54) is 70.2 Å². The second kappa shape index (κ2) is 13.9. The molecule has 0 saturated carbocycles. The van der Waals surface area contributed by atoms with Crippen LogP contribution in [0.1, 0.15) is 80.2 Å². The topological polar surface area (TPSA) is 18.5 Å². The van der Waals surface area contributed by atoms with Gasteiger partial charge in [-0.1, -0.05) is 85.6 Å². The minimum atomic E-state index is 0.806. The third-order valence-corrected chi connectivity index (χ3v) is 8.36. The van der Waals surface area contributed by atoms with Crippen LogP contribution in [0.4, 0.5) is 0 Å². The van der Waals surface area contributed by atoms with Crippen molar-refractivity contribution in [1.82, 2.24) is 0 Å². The maximum Gasteiger partial charge on any atom is 0.119 e. The lowest BCUT2D eigenvalue weighted by Gasteiger charge is -2.08. The van der Waals surface area contributed by atoms with Crippen molar-refractivity contribution in [3.8, 4) is 46.1 Å². The summed E-state index contributed by atoms with van der Waals surface area (Å²) in [5.41, 5.74) is 11.7. The van der Waals surface area contributed by atoms with Crippen LogP contribution in [0.3, 0.4) is 0 Å². The van der Waals surface area contributed by atoms with Crippen LogP contribution in [0.2, 0.25) is 0 Å². The Morgan fingerprint density at radius 3 is 1.59 bits per heavy atom. The number of hydrogen-bond donors (Lipinski definition) is 0. The van der Waals surface area contributed by atoms with Gasteiger partial charge in [-0.3, -0.25) is 0 Å². The summed E-state index contributed by atoms with van der Waals surface area (Å²) in [6.45, 7) is 6.05. The summed E-state index contributed by atoms with van der Waals surface area (Å²) in [6.07, 6.45) is 14.6. The fourth-order valence-corrected chi connectivity index (χ4v) is 6.10. The van der Waals surface area contributed by atoms with Crippen molar-refractivity contribution in [1.29, 1.82) is 0 Å². The molecule has 0 amide bonds. The average Bonchev–Trinajstić information content (AvgIpc) is 3.53. The molecule has 0 spiro atoms. The van der Waals surface area contributed by atoms with Crippen molar-refractivity contribution in [3.63, 3.8) is 0 Å². The number of unbranched alkanes of at least 4 members (excludes halogenated alkanes) is 4. The van der Waals surface area contributed by atoms with Crippen LogP contribution >= 0.6 is 15.9 Å². The minimum Gasteiger partial charge on any atom is -0.494 e. The van der Waals surface area contributed by atoms with E-state index >= 15 is 0 Å². The van der Waals surface area contributed by atoms with Gasteiger partial charge in [-0.05, 0) is 119 Å². The van der Waals surface area contributed by atoms with Gasteiger partial charge in [0.25, 0.3) is 0 Å². The van der Waals surface area contributed by atoms with E-state index in [0.717, 1.165) is 60.4 Å². The Balaban J connectivity index is 0.000000165. The molecule has 2 aliphatic rings. The van der Waals surface area contributed by atoms with Gasteiger partial charge in [0.2, 0.25) is 0 Å². The fraction of sp³-hybridized carbons (Fsp3) is 0.316. The molecule has 0 N–H and O–H groups in total. The molecule has 0 saturated heterocycles. The Morgan fingerprint density at radius 1 is 0.610 bits per heavy atom. The summed E-state index contributed by atoms with van der Waals surface area (Å²) in [5.74, 6) is 4.70. The van der Waals surface area contributed by atoms with Crippen molar-refractivity contribution in [3.05, 3.63) is 105 Å². The molecule has 0 radical (unpaired) electrons. The highest BCUT2D eigenvalue weighted by Gasteiger charge is 2.20. The Morgan fingerprint density at radius 2 is 1.07 bits per heavy atom. The molecule has 0 unspecified atom stereocenters. The van der Waals surface area contributed by atoms with Gasteiger partial charge >= 0.3 is 0 Å². The molecule has 4 aromatic carbocycles. The predicted molar refractivity (Wildman–Crippen MR) is 175 cm³/mol. The monoisotopic (exact) mass is 606 g/mol. The molecule has 41 heavy (non-hydrogen) atoms. The zero-order valence-electron chi connectivity index (χ0n) is 24.3. The highest BCUT2D eigenvalue weighted by Crippen LogP contribution is 2.40. The first kappa shape index (κ1) is 29.0. The average molecular weight is 608 g/mol. The van der Waals surface area contributed by atoms with Crippen LogP contribution in [-0.4, -0.2) is 13.2 Å². The molecular formula is C38H39BrO2. The van der Waals surface area contributed by atoms with Crippen LogP contribution in [0, 0.1) is 12.3 Å². The predicted octanol–water partition coefficient (Wildman–Crippen LogP) is 10.4. The molecule has 0 atom stereocenters. The van der Waals surface area contributed by atoms with E-state index in [0.29, 0.717) is 0 Å². The molecule has 6 rings (SSSR count). The number of hydrogen-bond acceptors (Lipinski definition) is 2. The van der Waals surface area contributed by atoms with Crippen LogP contribution in [0.25, 0.3) is 22.3 Å². The lowest BCUT2D eigenvalue weighted by Crippen LogP contribution is -1.97. The fourth-order valence-electron chi connectivity index (χ4n) is 5.70. The van der Waals surface area contributed by atoms with E-state index in [1.807, 2.05) is 6.07 Å². The number of ether oxygens (including phenoxy) is 2. The van der Waals surface area contributed by atoms with Crippen molar-refractivity contribution >= 4 is 15.9 Å². The van der Waals surface area contributed by atoms with Crippen LogP contribution in [-0.2, 0) is 12.8 Å². The van der Waals surface area contributed by atoms with Gasteiger partial charge in [0.15, 0.2) is 0 Å². The third kappa shape index (κ3) is 7.06. The van der Waals surface area contributed by atoms with Crippen LogP contribution < -0.4 is 9.47 Å². The molecule has 210 valence electrons. The lowest BCUT2D eigenvalue weighted by atomic mass is 10.0. The van der Waals surface area contributed by atoms with E-state index in [-0.39, 0.29) is 0 Å². The summed E-state index contributed by atoms with van der Waals surface area (Å²) in [4.78, 5) is 0. The molecule has 0 aromatic heterocycles. The zero-order chi connectivity index (χ0) is 28.6. The molecule has 0 fully saturated rings. The summed E-state index contributed by atoms with van der Waals surface area (Å²) >= 11 is 3.55. The molecule has 2 nitrogen and oxygen atoms in total. The zero-order valence-corrected chi connectivity index (χ0v) is 25.9. The quantitative estimate of drug-likeness (QED) is 0.114. The molecule has 0 aliphatic heterocycles. The second-order valence-corrected chi connectivity index (χ2v) is 11.8. The second-order valence-electron chi connectivity index (χ2n) is 10.9. The summed E-state index contributed by atoms with van der Waals surface area (Å²) in [6, 6.07) is 25.7. The van der Waals surface area contributed by atoms with E-state index < -0.39 is 0 Å². The first-order chi connectivity index (χ1) is 20.1. The maximum absolute atomic E-state index is 5.85. The van der Waals surface area contributed by atoms with Gasteiger partial charge < -0.3 is 9.47 Å². The molecule has 0 heterocycles. The van der Waals surface area contributed by atoms with E-state index in [1.54, 1.807) is 0 Å². The van der Waals surface area contributed by atoms with Gasteiger partial charge in [0, 0.05) is 10.0 Å². The summed E-state index contributed by atoms with van der Waals surface area (Å²) in [7, 11) is 0. The molecule has 2 aliphatic carbocycles. The number of fused-ring (bicyclic) bond motifs is 6. The normalized spacial score (nSPS) is 11.9. The summed E-state index contributed by atoms with van der Waals surface area (Å²) < 4.78 is 12.8.